The van der Waals surface area contributed by atoms with E-state index in [1.807, 2.05) is 18.2 Å². The molecule has 1 aliphatic rings. The van der Waals surface area contributed by atoms with Gasteiger partial charge in [-0.1, -0.05) is 31.0 Å². The van der Waals surface area contributed by atoms with E-state index in [4.69, 9.17) is 11.6 Å². The Morgan fingerprint density at radius 1 is 1.05 bits per heavy atom. The fourth-order valence-electron chi connectivity index (χ4n) is 2.34. The van der Waals surface area contributed by atoms with E-state index in [9.17, 15) is 9.59 Å². The topological polar surface area (TPSA) is 37.4 Å². The minimum atomic E-state index is -0.149. The molecule has 0 aromatic heterocycles. The quantitative estimate of drug-likeness (QED) is 0.456. The number of rotatable bonds is 6. The zero-order chi connectivity index (χ0) is 13.7. The second-order valence-electron chi connectivity index (χ2n) is 4.79. The Hall–Kier alpha value is -1.35. The summed E-state index contributed by atoms with van der Waals surface area (Å²) in [6.07, 6.45) is 4.24. The van der Waals surface area contributed by atoms with Crippen LogP contribution in [0, 0.1) is 0 Å². The number of amides is 2. The molecule has 0 N–H and O–H groups in total. The largest absolute Gasteiger partial charge is 0.278 e. The summed E-state index contributed by atoms with van der Waals surface area (Å²) in [7, 11) is 0. The van der Waals surface area contributed by atoms with Crippen molar-refractivity contribution in [2.24, 2.45) is 0 Å². The summed E-state index contributed by atoms with van der Waals surface area (Å²) in [5.41, 5.74) is 1.51. The van der Waals surface area contributed by atoms with E-state index in [0.717, 1.165) is 31.2 Å². The molecule has 0 unspecified atom stereocenters. The summed E-state index contributed by atoms with van der Waals surface area (Å²) >= 11 is 5.61. The molecule has 0 fully saturated rings. The Morgan fingerprint density at radius 3 is 2.58 bits per heavy atom. The molecule has 1 aliphatic heterocycles. The van der Waals surface area contributed by atoms with Crippen LogP contribution in [0.5, 0.6) is 0 Å². The second-order valence-corrected chi connectivity index (χ2v) is 5.17. The highest BCUT2D eigenvalue weighted by Crippen LogP contribution is 2.20. The van der Waals surface area contributed by atoms with Gasteiger partial charge in [0.05, 0.1) is 6.42 Å². The van der Waals surface area contributed by atoms with Crippen LogP contribution >= 0.6 is 11.6 Å². The van der Waals surface area contributed by atoms with Gasteiger partial charge in [-0.2, -0.15) is 0 Å². The van der Waals surface area contributed by atoms with E-state index in [0.29, 0.717) is 24.4 Å². The normalized spacial score (nSPS) is 14.7. The van der Waals surface area contributed by atoms with E-state index >= 15 is 0 Å². The molecule has 0 saturated heterocycles. The molecule has 0 aliphatic carbocycles. The van der Waals surface area contributed by atoms with Crippen LogP contribution in [-0.4, -0.2) is 29.1 Å². The van der Waals surface area contributed by atoms with Gasteiger partial charge in [-0.3, -0.25) is 14.5 Å². The Morgan fingerprint density at radius 2 is 1.79 bits per heavy atom. The summed E-state index contributed by atoms with van der Waals surface area (Å²) in [4.78, 5) is 25.6. The lowest BCUT2D eigenvalue weighted by Crippen LogP contribution is -2.42. The van der Waals surface area contributed by atoms with Crippen molar-refractivity contribution in [1.29, 1.82) is 0 Å². The Bertz CT molecular complexity index is 473. The summed E-state index contributed by atoms with van der Waals surface area (Å²) in [5.74, 6) is 0.444. The Labute approximate surface area is 118 Å². The van der Waals surface area contributed by atoms with Crippen molar-refractivity contribution < 1.29 is 9.59 Å². The summed E-state index contributed by atoms with van der Waals surface area (Å²) in [5, 5.41) is 0. The molecule has 2 amide bonds. The molecule has 19 heavy (non-hydrogen) atoms. The minimum Gasteiger partial charge on any atom is -0.278 e. The van der Waals surface area contributed by atoms with Crippen molar-refractivity contribution in [3.63, 3.8) is 0 Å². The number of hydrogen-bond donors (Lipinski definition) is 0. The molecule has 102 valence electrons. The monoisotopic (exact) mass is 279 g/mol. The lowest BCUT2D eigenvalue weighted by atomic mass is 9.98. The molecule has 2 rings (SSSR count). The number of unbranched alkanes of at least 4 members (excludes halogenated alkanes) is 3. The average molecular weight is 280 g/mol. The minimum absolute atomic E-state index is 0.0824. The summed E-state index contributed by atoms with van der Waals surface area (Å²) < 4.78 is 0. The van der Waals surface area contributed by atoms with Crippen LogP contribution in [0.3, 0.4) is 0 Å². The van der Waals surface area contributed by atoms with E-state index in [2.05, 4.69) is 0 Å². The third-order valence-electron chi connectivity index (χ3n) is 3.40. The number of carbonyl (C=O) groups is 2. The summed E-state index contributed by atoms with van der Waals surface area (Å²) in [6.45, 7) is 0.522. The molecule has 3 nitrogen and oxygen atoms in total. The number of alkyl halides is 1. The zero-order valence-corrected chi connectivity index (χ0v) is 11.7. The SMILES string of the molecule is O=C1Cc2ccccc2C(=O)N1CCCCCCCl. The number of nitrogens with zero attached hydrogens (tertiary/aromatic N) is 1. The first kappa shape index (κ1) is 14.1. The van der Waals surface area contributed by atoms with Crippen molar-refractivity contribution in [3.05, 3.63) is 35.4 Å². The van der Waals surface area contributed by atoms with Crippen molar-refractivity contribution in [2.75, 3.05) is 12.4 Å². The van der Waals surface area contributed by atoms with Crippen LogP contribution in [-0.2, 0) is 11.2 Å². The van der Waals surface area contributed by atoms with Crippen LogP contribution in [0.2, 0.25) is 0 Å². The number of halogens is 1. The van der Waals surface area contributed by atoms with E-state index in [1.165, 1.54) is 4.90 Å². The van der Waals surface area contributed by atoms with Crippen LogP contribution in [0.4, 0.5) is 0 Å². The molecule has 0 bridgehead atoms. The molecule has 0 radical (unpaired) electrons. The van der Waals surface area contributed by atoms with Crippen LogP contribution < -0.4 is 0 Å². The number of hydrogen-bond acceptors (Lipinski definition) is 2. The number of carbonyl (C=O) groups excluding carboxylic acids is 2. The first-order valence-corrected chi connectivity index (χ1v) is 7.26. The zero-order valence-electron chi connectivity index (χ0n) is 10.9. The molecule has 0 spiro atoms. The van der Waals surface area contributed by atoms with Gasteiger partial charge in [-0.15, -0.1) is 11.6 Å². The highest BCUT2D eigenvalue weighted by molar-refractivity contribution is 6.17. The maximum Gasteiger partial charge on any atom is 0.260 e. The van der Waals surface area contributed by atoms with Crippen LogP contribution in [0.25, 0.3) is 0 Å². The molecule has 1 aromatic rings. The van der Waals surface area contributed by atoms with Gasteiger partial charge in [0.15, 0.2) is 0 Å². The third-order valence-corrected chi connectivity index (χ3v) is 3.67. The van der Waals surface area contributed by atoms with Gasteiger partial charge < -0.3 is 0 Å². The Balaban J connectivity index is 1.95. The van der Waals surface area contributed by atoms with Crippen molar-refractivity contribution in [3.8, 4) is 0 Å². The Kier molecular flexibility index (Phi) is 4.97. The maximum atomic E-state index is 12.2. The molecular formula is C15H18ClNO2. The first-order valence-electron chi connectivity index (χ1n) is 6.72. The van der Waals surface area contributed by atoms with Crippen molar-refractivity contribution in [2.45, 2.75) is 32.1 Å². The van der Waals surface area contributed by atoms with Gasteiger partial charge in [-0.05, 0) is 24.5 Å². The summed E-state index contributed by atoms with van der Waals surface area (Å²) in [6, 6.07) is 7.35. The molecule has 0 atom stereocenters. The second kappa shape index (κ2) is 6.71. The first-order chi connectivity index (χ1) is 9.24. The van der Waals surface area contributed by atoms with Crippen molar-refractivity contribution >= 4 is 23.4 Å². The number of imide groups is 1. The lowest BCUT2D eigenvalue weighted by Gasteiger charge is -2.26. The van der Waals surface area contributed by atoms with Gasteiger partial charge in [-0.25, -0.2) is 0 Å². The maximum absolute atomic E-state index is 12.2. The fourth-order valence-corrected chi connectivity index (χ4v) is 2.53. The molecule has 1 aromatic carbocycles. The van der Waals surface area contributed by atoms with Crippen LogP contribution in [0.1, 0.15) is 41.6 Å². The smallest absolute Gasteiger partial charge is 0.260 e. The average Bonchev–Trinajstić information content (AvgIpc) is 2.42. The third kappa shape index (κ3) is 3.35. The van der Waals surface area contributed by atoms with E-state index < -0.39 is 0 Å². The van der Waals surface area contributed by atoms with E-state index in [1.54, 1.807) is 6.07 Å². The molecule has 4 heteroatoms. The van der Waals surface area contributed by atoms with Gasteiger partial charge in [0.2, 0.25) is 5.91 Å². The lowest BCUT2D eigenvalue weighted by molar-refractivity contribution is -0.128. The van der Waals surface area contributed by atoms with Gasteiger partial charge in [0, 0.05) is 18.0 Å². The highest BCUT2D eigenvalue weighted by Gasteiger charge is 2.29. The molecule has 0 saturated carbocycles. The van der Waals surface area contributed by atoms with Gasteiger partial charge >= 0.3 is 0 Å². The van der Waals surface area contributed by atoms with E-state index in [-0.39, 0.29) is 11.8 Å². The van der Waals surface area contributed by atoms with Crippen LogP contribution in [0.15, 0.2) is 24.3 Å². The number of fused-ring (bicyclic) bond motifs is 1. The van der Waals surface area contributed by atoms with Gasteiger partial charge in [0.25, 0.3) is 5.91 Å². The number of benzene rings is 1. The predicted molar refractivity (Wildman–Crippen MR) is 75.4 cm³/mol. The van der Waals surface area contributed by atoms with Crippen molar-refractivity contribution in [1.82, 2.24) is 4.90 Å². The fraction of sp³-hybridized carbons (Fsp3) is 0.467. The van der Waals surface area contributed by atoms with Gasteiger partial charge in [0.1, 0.15) is 0 Å². The predicted octanol–water partition coefficient (Wildman–Crippen LogP) is 3.01. The highest BCUT2D eigenvalue weighted by atomic mass is 35.5. The molecular weight excluding hydrogens is 262 g/mol. The molecule has 1 heterocycles. The standard InChI is InChI=1S/C15H18ClNO2/c16-9-5-1-2-6-10-17-14(18)11-12-7-3-4-8-13(12)15(17)19/h3-4,7-8H,1-2,5-6,9-11H2.